The first-order chi connectivity index (χ1) is 39.4. The molecule has 3 atom stereocenters. The van der Waals surface area contributed by atoms with E-state index in [9.17, 15) is 19.0 Å². The highest BCUT2D eigenvalue weighted by atomic mass is 31.2. The number of amides is 1. The lowest BCUT2D eigenvalue weighted by Crippen LogP contribution is -2.47. The van der Waals surface area contributed by atoms with E-state index in [-0.39, 0.29) is 31.5 Å². The van der Waals surface area contributed by atoms with Gasteiger partial charge in [-0.25, -0.2) is 0 Å². The highest BCUT2D eigenvalue weighted by Crippen LogP contribution is 2.38. The van der Waals surface area contributed by atoms with Gasteiger partial charge in [0.25, 0.3) is 7.82 Å². The molecule has 0 aromatic rings. The van der Waals surface area contributed by atoms with Crippen LogP contribution in [0.2, 0.25) is 0 Å². The lowest BCUT2D eigenvalue weighted by Gasteiger charge is -2.30. The number of carbonyl (C=O) groups is 2. The van der Waals surface area contributed by atoms with Crippen molar-refractivity contribution in [2.24, 2.45) is 0 Å². The molecular formula is C71H131N2O7P. The van der Waals surface area contributed by atoms with E-state index in [1.54, 1.807) is 0 Å². The molecule has 3 unspecified atom stereocenters. The second-order valence-corrected chi connectivity index (χ2v) is 25.7. The minimum Gasteiger partial charge on any atom is -0.756 e. The van der Waals surface area contributed by atoms with Gasteiger partial charge in [0.05, 0.1) is 33.8 Å². The van der Waals surface area contributed by atoms with Crippen LogP contribution in [0.25, 0.3) is 0 Å². The standard InChI is InChI=1S/C71H131N2O7P/c1-7-10-13-16-19-22-25-27-29-31-33-34-35-36-37-38-40-42-44-46-49-52-55-58-61-64-71(75)80-69(62-59-56-53-50-47-24-21-18-15-12-9-3)68(67-79-81(76,77)78-66-65-73(4,5)6)72-70(74)63-60-57-54-51-48-45-43-41-39-32-30-28-26-23-20-17-14-11-8-2/h10,13,19,22,27,29,33-34,36-37,59,62,68-69H,7-9,11-12,14-18,20-21,23-26,28,30-32,35,38-58,60-61,63-67H2,1-6H3,(H-,72,74,76,77)/b13-10-,22-19-,29-27-,34-33-,37-36-,62-59+. The summed E-state index contributed by atoms with van der Waals surface area (Å²) in [6.07, 6.45) is 78.8. The molecule has 0 radical (unpaired) electrons. The number of hydrogen-bond acceptors (Lipinski definition) is 7. The Morgan fingerprint density at radius 3 is 1.19 bits per heavy atom. The van der Waals surface area contributed by atoms with Crippen LogP contribution >= 0.6 is 7.82 Å². The lowest BCUT2D eigenvalue weighted by atomic mass is 10.0. The fourth-order valence-corrected chi connectivity index (χ4v) is 10.6. The van der Waals surface area contributed by atoms with Gasteiger partial charge in [0.15, 0.2) is 0 Å². The monoisotopic (exact) mass is 1150 g/mol. The van der Waals surface area contributed by atoms with Crippen molar-refractivity contribution >= 4 is 19.7 Å². The highest BCUT2D eigenvalue weighted by molar-refractivity contribution is 7.45. The largest absolute Gasteiger partial charge is 0.756 e. The molecule has 0 aliphatic heterocycles. The first-order valence-corrected chi connectivity index (χ1v) is 35.7. The predicted octanol–water partition coefficient (Wildman–Crippen LogP) is 20.9. The number of phosphoric ester groups is 1. The van der Waals surface area contributed by atoms with Crippen LogP contribution in [0.3, 0.4) is 0 Å². The molecular weight excluding hydrogens is 1020 g/mol. The quantitative estimate of drug-likeness (QED) is 0.0212. The maximum absolute atomic E-state index is 13.6. The third-order valence-electron chi connectivity index (χ3n) is 15.2. The van der Waals surface area contributed by atoms with E-state index in [0.717, 1.165) is 103 Å². The molecule has 1 amide bonds. The van der Waals surface area contributed by atoms with E-state index in [1.807, 2.05) is 33.3 Å². The molecule has 0 saturated heterocycles. The van der Waals surface area contributed by atoms with Crippen molar-refractivity contribution in [3.63, 3.8) is 0 Å². The van der Waals surface area contributed by atoms with Crippen LogP contribution in [-0.4, -0.2) is 69.4 Å². The lowest BCUT2D eigenvalue weighted by molar-refractivity contribution is -0.870. The Kier molecular flexibility index (Phi) is 58.7. The third kappa shape index (κ3) is 61.8. The van der Waals surface area contributed by atoms with E-state index in [4.69, 9.17) is 13.8 Å². The minimum absolute atomic E-state index is 0.0236. The summed E-state index contributed by atoms with van der Waals surface area (Å²) in [6.45, 7) is 6.76. The number of unbranched alkanes of at least 4 members (excludes halogenated alkanes) is 36. The second kappa shape index (κ2) is 60.6. The summed E-state index contributed by atoms with van der Waals surface area (Å²) in [4.78, 5) is 40.1. The molecule has 81 heavy (non-hydrogen) atoms. The summed E-state index contributed by atoms with van der Waals surface area (Å²) in [5, 5.41) is 3.04. The fourth-order valence-electron chi connectivity index (χ4n) is 9.90. The second-order valence-electron chi connectivity index (χ2n) is 24.3. The summed E-state index contributed by atoms with van der Waals surface area (Å²) in [5.41, 5.74) is 0. The molecule has 1 N–H and O–H groups in total. The van der Waals surface area contributed by atoms with E-state index in [0.29, 0.717) is 17.4 Å². The first-order valence-electron chi connectivity index (χ1n) is 34.2. The number of allylic oxidation sites excluding steroid dienone is 11. The number of hydrogen-bond donors (Lipinski definition) is 1. The Hall–Kier alpha value is -2.55. The molecule has 0 bridgehead atoms. The molecule has 472 valence electrons. The Morgan fingerprint density at radius 2 is 0.790 bits per heavy atom. The van der Waals surface area contributed by atoms with Crippen molar-refractivity contribution in [3.8, 4) is 0 Å². The van der Waals surface area contributed by atoms with Gasteiger partial charge >= 0.3 is 5.97 Å². The van der Waals surface area contributed by atoms with Crippen LogP contribution < -0.4 is 10.2 Å². The summed E-state index contributed by atoms with van der Waals surface area (Å²) >= 11 is 0. The van der Waals surface area contributed by atoms with E-state index >= 15 is 0 Å². The molecule has 0 heterocycles. The van der Waals surface area contributed by atoms with Crippen molar-refractivity contribution in [2.75, 3.05) is 40.9 Å². The van der Waals surface area contributed by atoms with E-state index in [1.165, 1.54) is 180 Å². The molecule has 0 aliphatic rings. The Morgan fingerprint density at radius 1 is 0.444 bits per heavy atom. The van der Waals surface area contributed by atoms with Gasteiger partial charge in [0.2, 0.25) is 5.91 Å². The number of quaternary nitrogens is 1. The van der Waals surface area contributed by atoms with Crippen LogP contribution in [0.5, 0.6) is 0 Å². The Balaban J connectivity index is 5.07. The molecule has 0 spiro atoms. The van der Waals surface area contributed by atoms with Gasteiger partial charge in [0.1, 0.15) is 19.3 Å². The van der Waals surface area contributed by atoms with Crippen molar-refractivity contribution < 1.29 is 37.3 Å². The van der Waals surface area contributed by atoms with Crippen molar-refractivity contribution in [1.82, 2.24) is 5.32 Å². The van der Waals surface area contributed by atoms with Gasteiger partial charge in [-0.3, -0.25) is 14.2 Å². The zero-order chi connectivity index (χ0) is 59.3. The molecule has 0 aromatic heterocycles. The molecule has 10 heteroatoms. The highest BCUT2D eigenvalue weighted by Gasteiger charge is 2.27. The van der Waals surface area contributed by atoms with Crippen LogP contribution in [0, 0.1) is 0 Å². The molecule has 0 fully saturated rings. The third-order valence-corrected chi connectivity index (χ3v) is 16.1. The number of carbonyl (C=O) groups excluding carboxylic acids is 2. The molecule has 0 aromatic carbocycles. The van der Waals surface area contributed by atoms with Crippen LogP contribution in [-0.2, 0) is 27.9 Å². The van der Waals surface area contributed by atoms with Gasteiger partial charge in [-0.15, -0.1) is 0 Å². The van der Waals surface area contributed by atoms with Crippen LogP contribution in [0.1, 0.15) is 316 Å². The number of phosphoric acid groups is 1. The number of likely N-dealkylation sites (N-methyl/N-ethyl adjacent to an activating group) is 1. The number of esters is 1. The number of ether oxygens (including phenoxy) is 1. The van der Waals surface area contributed by atoms with Gasteiger partial charge in [-0.1, -0.05) is 299 Å². The maximum Gasteiger partial charge on any atom is 0.306 e. The Bertz CT molecular complexity index is 1620. The maximum atomic E-state index is 13.6. The van der Waals surface area contributed by atoms with Gasteiger partial charge < -0.3 is 28.5 Å². The fraction of sp³-hybridized carbons (Fsp3) is 0.803. The number of nitrogens with one attached hydrogen (secondary N) is 1. The van der Waals surface area contributed by atoms with Crippen LogP contribution in [0.4, 0.5) is 0 Å². The predicted molar refractivity (Wildman–Crippen MR) is 348 cm³/mol. The number of nitrogens with zero attached hydrogens (tertiary/aromatic N) is 1. The van der Waals surface area contributed by atoms with Crippen molar-refractivity contribution in [3.05, 3.63) is 72.9 Å². The average Bonchev–Trinajstić information content (AvgIpc) is 3.43. The SMILES string of the molecule is CC/C=C\C/C=C\C/C=C\C/C=C\C/C=C\CCCCCCCCCCCC(=O)OC(/C=C/CCCCCCCCCCC)C(COP(=O)([O-])OCC[N+](C)(C)C)NC(=O)CCCCCCCCCCCCCCCCCCCCC. The van der Waals surface area contributed by atoms with E-state index < -0.39 is 20.0 Å². The zero-order valence-electron chi connectivity index (χ0n) is 54.0. The minimum atomic E-state index is -4.70. The first kappa shape index (κ1) is 78.5. The molecule has 0 rings (SSSR count). The average molecular weight is 1160 g/mol. The summed E-state index contributed by atoms with van der Waals surface area (Å²) in [6, 6.07) is -0.891. The van der Waals surface area contributed by atoms with Crippen molar-refractivity contribution in [1.29, 1.82) is 0 Å². The topological polar surface area (TPSA) is 114 Å². The summed E-state index contributed by atoms with van der Waals surface area (Å²) < 4.78 is 30.4. The molecule has 0 aliphatic carbocycles. The smallest absolute Gasteiger partial charge is 0.306 e. The molecule has 0 saturated carbocycles. The van der Waals surface area contributed by atoms with Crippen LogP contribution in [0.15, 0.2) is 72.9 Å². The normalized spacial score (nSPS) is 14.0. The summed E-state index contributed by atoms with van der Waals surface area (Å²) in [5.74, 6) is -0.538. The summed E-state index contributed by atoms with van der Waals surface area (Å²) in [7, 11) is 1.19. The molecule has 9 nitrogen and oxygen atoms in total. The van der Waals surface area contributed by atoms with Gasteiger partial charge in [-0.2, -0.15) is 0 Å². The number of rotatable bonds is 62. The van der Waals surface area contributed by atoms with Gasteiger partial charge in [0, 0.05) is 12.8 Å². The zero-order valence-corrected chi connectivity index (χ0v) is 54.9. The Labute approximate surface area is 502 Å². The van der Waals surface area contributed by atoms with Gasteiger partial charge in [-0.05, 0) is 76.7 Å². The van der Waals surface area contributed by atoms with E-state index in [2.05, 4.69) is 86.8 Å². The van der Waals surface area contributed by atoms with Crippen molar-refractivity contribution in [2.45, 2.75) is 328 Å².